The third-order valence-corrected chi connectivity index (χ3v) is 13.8. The summed E-state index contributed by atoms with van der Waals surface area (Å²) in [6.45, 7) is 16.2. The van der Waals surface area contributed by atoms with E-state index in [2.05, 4.69) is 216 Å². The predicted octanol–water partition coefficient (Wildman–Crippen LogP) is 12.6. The molecule has 3 nitrogen and oxygen atoms in total. The van der Waals surface area contributed by atoms with Crippen LogP contribution in [0.2, 0.25) is 0 Å². The molecule has 0 bridgehead atoms. The van der Waals surface area contributed by atoms with Crippen molar-refractivity contribution in [2.75, 3.05) is 9.80 Å². The van der Waals surface area contributed by atoms with Crippen molar-refractivity contribution in [2.45, 2.75) is 65.7 Å². The van der Waals surface area contributed by atoms with Crippen molar-refractivity contribution < 1.29 is 0 Å². The van der Waals surface area contributed by atoms with Gasteiger partial charge in [-0.25, -0.2) is 0 Å². The van der Waals surface area contributed by atoms with Crippen molar-refractivity contribution in [3.63, 3.8) is 0 Å². The highest BCUT2D eigenvalue weighted by molar-refractivity contribution is 7.01. The molecule has 1 aromatic heterocycles. The van der Waals surface area contributed by atoms with E-state index in [0.29, 0.717) is 0 Å². The second-order valence-electron chi connectivity index (χ2n) is 18.5. The number of anilines is 6. The first-order chi connectivity index (χ1) is 29.6. The lowest BCUT2D eigenvalue weighted by Crippen LogP contribution is -2.67. The number of pyridine rings is 1. The lowest BCUT2D eigenvalue weighted by Gasteiger charge is -2.51. The zero-order valence-electron chi connectivity index (χ0n) is 36.2. The van der Waals surface area contributed by atoms with Crippen LogP contribution in [0.4, 0.5) is 34.1 Å². The van der Waals surface area contributed by atoms with Gasteiger partial charge in [-0.2, -0.15) is 0 Å². The van der Waals surface area contributed by atoms with Crippen LogP contribution in [-0.2, 0) is 17.3 Å². The number of hydrogen-bond donors (Lipinski definition) is 0. The number of aryl methyl sites for hydroxylation is 3. The third-order valence-electron chi connectivity index (χ3n) is 13.8. The van der Waals surface area contributed by atoms with Gasteiger partial charge in [0.15, 0.2) is 0 Å². The van der Waals surface area contributed by atoms with E-state index in [1.54, 1.807) is 0 Å². The van der Waals surface area contributed by atoms with Crippen molar-refractivity contribution in [1.82, 2.24) is 4.98 Å². The average Bonchev–Trinajstić information content (AvgIpc) is 3.28. The topological polar surface area (TPSA) is 19.4 Å². The van der Waals surface area contributed by atoms with Gasteiger partial charge < -0.3 is 9.80 Å². The Morgan fingerprint density at radius 3 is 1.69 bits per heavy atom. The number of rotatable bonds is 6. The molecule has 296 valence electrons. The van der Waals surface area contributed by atoms with Crippen molar-refractivity contribution in [3.05, 3.63) is 203 Å². The van der Waals surface area contributed by atoms with Crippen molar-refractivity contribution in [3.8, 4) is 22.4 Å². The first-order valence-electron chi connectivity index (χ1n) is 21.9. The molecule has 8 aromatic rings. The maximum Gasteiger partial charge on any atom is 0.252 e. The lowest BCUT2D eigenvalue weighted by atomic mass is 9.28. The molecule has 0 radical (unpaired) electrons. The number of benzene rings is 7. The summed E-state index contributed by atoms with van der Waals surface area (Å²) < 4.78 is 0. The molecule has 0 N–H and O–H groups in total. The Morgan fingerprint density at radius 2 is 1.08 bits per heavy atom. The normalized spacial score (nSPS) is 15.8. The molecule has 3 aliphatic rings. The van der Waals surface area contributed by atoms with Crippen LogP contribution in [0, 0.1) is 13.8 Å². The number of para-hydroxylation sites is 2. The van der Waals surface area contributed by atoms with Crippen molar-refractivity contribution >= 4 is 57.2 Å². The van der Waals surface area contributed by atoms with Gasteiger partial charge in [-0.3, -0.25) is 4.98 Å². The Hall–Kier alpha value is -6.65. The zero-order valence-corrected chi connectivity index (χ0v) is 36.2. The average molecular weight is 788 g/mol. The first-order valence-corrected chi connectivity index (χ1v) is 21.9. The predicted molar refractivity (Wildman–Crippen MR) is 259 cm³/mol. The molecule has 61 heavy (non-hydrogen) atoms. The van der Waals surface area contributed by atoms with Gasteiger partial charge in [0, 0.05) is 45.5 Å². The van der Waals surface area contributed by atoms with Crippen LogP contribution >= 0.6 is 0 Å². The minimum absolute atomic E-state index is 0.0299. The summed E-state index contributed by atoms with van der Waals surface area (Å²) in [5.74, 6) is 0. The summed E-state index contributed by atoms with van der Waals surface area (Å²) in [6, 6.07) is 59.7. The fourth-order valence-corrected chi connectivity index (χ4v) is 10.9. The van der Waals surface area contributed by atoms with Crippen LogP contribution in [0.1, 0.15) is 73.6 Å². The second-order valence-corrected chi connectivity index (χ2v) is 18.5. The highest BCUT2D eigenvalue weighted by Gasteiger charge is 2.53. The van der Waals surface area contributed by atoms with E-state index < -0.39 is 5.41 Å². The maximum absolute atomic E-state index is 4.99. The summed E-state index contributed by atoms with van der Waals surface area (Å²) in [6.07, 6.45) is 2.90. The van der Waals surface area contributed by atoms with Crippen LogP contribution < -0.4 is 26.2 Å². The Bertz CT molecular complexity index is 3070. The number of aromatic nitrogens is 1. The van der Waals surface area contributed by atoms with Gasteiger partial charge in [0.1, 0.15) is 0 Å². The Morgan fingerprint density at radius 1 is 0.525 bits per heavy atom. The molecule has 3 aliphatic heterocycles. The third kappa shape index (κ3) is 5.47. The minimum atomic E-state index is -0.421. The lowest BCUT2D eigenvalue weighted by molar-refractivity contribution is 0.590. The molecule has 1 atom stereocenters. The van der Waals surface area contributed by atoms with E-state index in [0.717, 1.165) is 23.4 Å². The van der Waals surface area contributed by atoms with E-state index in [1.165, 1.54) is 94.9 Å². The van der Waals surface area contributed by atoms with Crippen LogP contribution in [-0.4, -0.2) is 11.7 Å². The van der Waals surface area contributed by atoms with Crippen LogP contribution in [0.3, 0.4) is 0 Å². The van der Waals surface area contributed by atoms with Gasteiger partial charge in [-0.05, 0) is 136 Å². The van der Waals surface area contributed by atoms with Crippen LogP contribution in [0.25, 0.3) is 22.4 Å². The summed E-state index contributed by atoms with van der Waals surface area (Å²) >= 11 is 0. The summed E-state index contributed by atoms with van der Waals surface area (Å²) in [7, 11) is 0. The molecule has 0 spiro atoms. The molecule has 0 saturated carbocycles. The smallest absolute Gasteiger partial charge is 0.252 e. The van der Waals surface area contributed by atoms with E-state index >= 15 is 0 Å². The largest absolute Gasteiger partial charge is 0.311 e. The van der Waals surface area contributed by atoms with E-state index in [9.17, 15) is 0 Å². The van der Waals surface area contributed by atoms with Crippen LogP contribution in [0.5, 0.6) is 0 Å². The molecule has 4 heteroatoms. The van der Waals surface area contributed by atoms with Gasteiger partial charge in [0.25, 0.3) is 6.71 Å². The van der Waals surface area contributed by atoms with Crippen LogP contribution in [0.15, 0.2) is 164 Å². The highest BCUT2D eigenvalue weighted by atomic mass is 15.2. The van der Waals surface area contributed by atoms with Gasteiger partial charge in [-0.1, -0.05) is 142 Å². The maximum atomic E-state index is 4.99. The summed E-state index contributed by atoms with van der Waals surface area (Å²) in [5, 5.41) is 0. The molecule has 1 unspecified atom stereocenters. The van der Waals surface area contributed by atoms with E-state index in [4.69, 9.17) is 4.98 Å². The monoisotopic (exact) mass is 787 g/mol. The second kappa shape index (κ2) is 13.7. The number of hydrogen-bond acceptors (Lipinski definition) is 3. The minimum Gasteiger partial charge on any atom is -0.311 e. The molecule has 4 heterocycles. The molecule has 11 rings (SSSR count). The Balaban J connectivity index is 1.31. The molecule has 0 aliphatic carbocycles. The zero-order chi connectivity index (χ0) is 41.8. The van der Waals surface area contributed by atoms with Gasteiger partial charge in [0.05, 0.1) is 17.1 Å². The standard InChI is InChI=1S/C57H50BN3/c1-8-38-29-28-36(2)32-43(38)41-20-12-14-24-47(41)60-49-26-16-22-44-53(49)58-54-45(57(44,7)39-18-10-9-11-19-39)23-17-27-50(54)61(52-35-40(56(4,5)6)34-51(60)55(52)58)48-25-15-13-21-42(48)46-33-37(3)30-31-59-46/h9-35H,8H2,1-7H3. The van der Waals surface area contributed by atoms with E-state index in [1.807, 2.05) is 6.20 Å². The van der Waals surface area contributed by atoms with Crippen molar-refractivity contribution in [2.24, 2.45) is 0 Å². The summed E-state index contributed by atoms with van der Waals surface area (Å²) in [5.41, 5.74) is 24.7. The Kier molecular flexibility index (Phi) is 8.39. The van der Waals surface area contributed by atoms with Gasteiger partial charge in [-0.15, -0.1) is 0 Å². The van der Waals surface area contributed by atoms with Gasteiger partial charge >= 0.3 is 0 Å². The molecule has 0 fully saturated rings. The first kappa shape index (κ1) is 37.4. The Labute approximate surface area is 361 Å². The molecular formula is C57H50BN3. The highest BCUT2D eigenvalue weighted by Crippen LogP contribution is 2.53. The van der Waals surface area contributed by atoms with Crippen molar-refractivity contribution in [1.29, 1.82) is 0 Å². The van der Waals surface area contributed by atoms with Gasteiger partial charge in [0.2, 0.25) is 0 Å². The summed E-state index contributed by atoms with van der Waals surface area (Å²) in [4.78, 5) is 10.2. The fraction of sp³-hybridized carbons (Fsp3) is 0.175. The fourth-order valence-electron chi connectivity index (χ4n) is 10.9. The number of nitrogens with zero attached hydrogens (tertiary/aromatic N) is 3. The molecule has 7 aromatic carbocycles. The molecule has 0 saturated heterocycles. The SMILES string of the molecule is CCc1ccc(C)cc1-c1ccccc1N1c2cc(C(C)(C)C)cc3c2B2c4c(cccc4C(C)(c4ccccc4)c4cccc1c42)N3c1ccccc1-c1cc(C)ccn1. The molecular weight excluding hydrogens is 737 g/mol. The van der Waals surface area contributed by atoms with E-state index in [-0.39, 0.29) is 12.1 Å². The quantitative estimate of drug-likeness (QED) is 0.157. The molecule has 0 amide bonds.